The van der Waals surface area contributed by atoms with Gasteiger partial charge in [-0.15, -0.1) is 0 Å². The van der Waals surface area contributed by atoms with Gasteiger partial charge in [-0.3, -0.25) is 0 Å². The number of ether oxygens (including phenoxy) is 2. The van der Waals surface area contributed by atoms with E-state index in [1.165, 1.54) is 20.0 Å². The number of hydrogen-bond donors (Lipinski definition) is 1. The van der Waals surface area contributed by atoms with Crippen LogP contribution in [0.25, 0.3) is 22.6 Å². The number of rotatable bonds is 3. The largest absolute Gasteiger partial charge is 0.436 e. The Balaban J connectivity index is 1.60. The number of cyclic esters (lactones) is 2. The molecular weight excluding hydrogens is 428 g/mol. The molecule has 2 heterocycles. The molecule has 4 rings (SSSR count). The fourth-order valence-corrected chi connectivity index (χ4v) is 3.16. The first-order chi connectivity index (χ1) is 13.3. The van der Waals surface area contributed by atoms with Crippen molar-refractivity contribution in [1.29, 1.82) is 0 Å². The highest BCUT2D eigenvalue weighted by atomic mass is 79.9. The Morgan fingerprint density at radius 3 is 2.50 bits per heavy atom. The van der Waals surface area contributed by atoms with Crippen LogP contribution < -0.4 is 5.32 Å². The van der Waals surface area contributed by atoms with Crippen molar-refractivity contribution in [1.82, 2.24) is 4.98 Å². The molecule has 0 spiro atoms. The number of nitrogens with zero attached hydrogens (tertiary/aromatic N) is 1. The Kier molecular flexibility index (Phi) is 4.43. The third-order valence-electron chi connectivity index (χ3n) is 3.99. The number of carbonyl (C=O) groups is 2. The number of benzene rings is 2. The minimum absolute atomic E-state index is 0.214. The number of carbonyl (C=O) groups excluding carboxylic acids is 2. The van der Waals surface area contributed by atoms with Gasteiger partial charge >= 0.3 is 11.9 Å². The first-order valence-electron chi connectivity index (χ1n) is 8.41. The summed E-state index contributed by atoms with van der Waals surface area (Å²) in [4.78, 5) is 28.5. The van der Waals surface area contributed by atoms with Crippen LogP contribution >= 0.6 is 15.9 Å². The molecule has 7 nitrogen and oxygen atoms in total. The van der Waals surface area contributed by atoms with E-state index in [1.807, 2.05) is 24.3 Å². The van der Waals surface area contributed by atoms with Crippen LogP contribution in [0.2, 0.25) is 0 Å². The number of esters is 2. The molecule has 1 aromatic heterocycles. The Morgan fingerprint density at radius 1 is 1.07 bits per heavy atom. The third kappa shape index (κ3) is 3.50. The fraction of sp³-hybridized carbons (Fsp3) is 0.150. The Labute approximate surface area is 168 Å². The van der Waals surface area contributed by atoms with Gasteiger partial charge in [-0.2, -0.15) is 0 Å². The molecule has 0 bridgehead atoms. The summed E-state index contributed by atoms with van der Waals surface area (Å²) < 4.78 is 16.8. The molecule has 1 aliphatic rings. The van der Waals surface area contributed by atoms with E-state index in [0.29, 0.717) is 22.7 Å². The van der Waals surface area contributed by atoms with Gasteiger partial charge in [0.1, 0.15) is 5.52 Å². The molecule has 1 aliphatic heterocycles. The van der Waals surface area contributed by atoms with Crippen LogP contribution in [0.3, 0.4) is 0 Å². The molecule has 0 saturated carbocycles. The van der Waals surface area contributed by atoms with E-state index in [1.54, 1.807) is 18.2 Å². The topological polar surface area (TPSA) is 90.7 Å². The number of fused-ring (bicyclic) bond motifs is 1. The number of anilines is 1. The van der Waals surface area contributed by atoms with E-state index < -0.39 is 17.7 Å². The fourth-order valence-electron chi connectivity index (χ4n) is 2.70. The maximum atomic E-state index is 12.0. The molecule has 0 atom stereocenters. The lowest BCUT2D eigenvalue weighted by atomic mass is 10.2. The highest BCUT2D eigenvalue weighted by Crippen LogP contribution is 2.31. The van der Waals surface area contributed by atoms with Gasteiger partial charge in [0.05, 0.1) is 5.56 Å². The summed E-state index contributed by atoms with van der Waals surface area (Å²) in [5, 5.41) is 2.90. The van der Waals surface area contributed by atoms with Crippen LogP contribution in [0, 0.1) is 0 Å². The second kappa shape index (κ2) is 6.79. The molecular formula is C20H15BrN2O5. The zero-order valence-corrected chi connectivity index (χ0v) is 16.6. The highest BCUT2D eigenvalue weighted by Gasteiger charge is 2.38. The van der Waals surface area contributed by atoms with Crippen molar-refractivity contribution >= 4 is 44.7 Å². The molecule has 1 saturated heterocycles. The Morgan fingerprint density at radius 2 is 1.79 bits per heavy atom. The smallest absolute Gasteiger partial charge is 0.350 e. The Hall–Kier alpha value is -3.13. The summed E-state index contributed by atoms with van der Waals surface area (Å²) in [6.45, 7) is 2.99. The average Bonchev–Trinajstić information content (AvgIpc) is 3.03. The minimum atomic E-state index is -1.27. The van der Waals surface area contributed by atoms with Crippen molar-refractivity contribution in [2.75, 3.05) is 5.32 Å². The first kappa shape index (κ1) is 18.2. The van der Waals surface area contributed by atoms with Crippen molar-refractivity contribution in [2.45, 2.75) is 19.6 Å². The zero-order valence-electron chi connectivity index (χ0n) is 15.0. The van der Waals surface area contributed by atoms with Crippen LogP contribution in [0.5, 0.6) is 0 Å². The quantitative estimate of drug-likeness (QED) is 0.365. The van der Waals surface area contributed by atoms with Gasteiger partial charge in [-0.05, 0) is 46.3 Å². The second-order valence-corrected chi connectivity index (χ2v) is 7.42. The number of hydrogen-bond acceptors (Lipinski definition) is 7. The van der Waals surface area contributed by atoms with Crippen molar-refractivity contribution in [3.63, 3.8) is 0 Å². The molecule has 2 aromatic carbocycles. The average molecular weight is 443 g/mol. The van der Waals surface area contributed by atoms with Crippen LogP contribution in [-0.4, -0.2) is 22.7 Å². The summed E-state index contributed by atoms with van der Waals surface area (Å²) in [7, 11) is 0. The molecule has 0 unspecified atom stereocenters. The van der Waals surface area contributed by atoms with E-state index in [0.717, 1.165) is 10.0 Å². The van der Waals surface area contributed by atoms with Crippen molar-refractivity contribution < 1.29 is 23.5 Å². The molecule has 0 amide bonds. The van der Waals surface area contributed by atoms with E-state index >= 15 is 0 Å². The molecule has 0 aliphatic carbocycles. The van der Waals surface area contributed by atoms with Crippen molar-refractivity contribution in [3.05, 3.63) is 58.7 Å². The van der Waals surface area contributed by atoms with Gasteiger partial charge < -0.3 is 19.2 Å². The van der Waals surface area contributed by atoms with Gasteiger partial charge in [0, 0.05) is 30.2 Å². The molecule has 1 fully saturated rings. The molecule has 28 heavy (non-hydrogen) atoms. The molecule has 3 aromatic rings. The summed E-state index contributed by atoms with van der Waals surface area (Å²) >= 11 is 3.49. The molecule has 1 N–H and O–H groups in total. The van der Waals surface area contributed by atoms with E-state index in [4.69, 9.17) is 13.9 Å². The predicted molar refractivity (Wildman–Crippen MR) is 105 cm³/mol. The van der Waals surface area contributed by atoms with Gasteiger partial charge in [0.15, 0.2) is 11.2 Å². The highest BCUT2D eigenvalue weighted by molar-refractivity contribution is 9.10. The normalized spacial score (nSPS) is 15.9. The SMILES string of the molecule is CC1(C)OC(=O)C(=CNc2ccc3oc(-c4ccccc4Br)nc3c2)C(=O)O1. The number of halogens is 1. The lowest BCUT2D eigenvalue weighted by molar-refractivity contribution is -0.222. The predicted octanol–water partition coefficient (Wildman–Crippen LogP) is 4.39. The van der Waals surface area contributed by atoms with Gasteiger partial charge in [0.2, 0.25) is 5.89 Å². The summed E-state index contributed by atoms with van der Waals surface area (Å²) in [5.41, 5.74) is 2.49. The maximum absolute atomic E-state index is 12.0. The number of aromatic nitrogens is 1. The molecule has 8 heteroatoms. The van der Waals surface area contributed by atoms with E-state index in [9.17, 15) is 9.59 Å². The van der Waals surface area contributed by atoms with Crippen LogP contribution in [0.15, 0.2) is 63.1 Å². The molecule has 0 radical (unpaired) electrons. The van der Waals surface area contributed by atoms with Gasteiger partial charge in [-0.1, -0.05) is 12.1 Å². The minimum Gasteiger partial charge on any atom is -0.436 e. The lowest BCUT2D eigenvalue weighted by Gasteiger charge is -2.29. The number of nitrogens with one attached hydrogen (secondary N) is 1. The first-order valence-corrected chi connectivity index (χ1v) is 9.20. The van der Waals surface area contributed by atoms with E-state index in [2.05, 4.69) is 26.2 Å². The summed E-state index contributed by atoms with van der Waals surface area (Å²) in [6, 6.07) is 12.9. The maximum Gasteiger partial charge on any atom is 0.350 e. The van der Waals surface area contributed by atoms with Crippen molar-refractivity contribution in [3.8, 4) is 11.5 Å². The van der Waals surface area contributed by atoms with Gasteiger partial charge in [0.25, 0.3) is 5.79 Å². The van der Waals surface area contributed by atoms with Gasteiger partial charge in [-0.25, -0.2) is 14.6 Å². The van der Waals surface area contributed by atoms with Crippen molar-refractivity contribution in [2.24, 2.45) is 0 Å². The monoisotopic (exact) mass is 442 g/mol. The van der Waals surface area contributed by atoms with Crippen LogP contribution in [-0.2, 0) is 19.1 Å². The number of oxazole rings is 1. The summed E-state index contributed by atoms with van der Waals surface area (Å²) in [6.07, 6.45) is 1.26. The van der Waals surface area contributed by atoms with Crippen LogP contribution in [0.4, 0.5) is 5.69 Å². The lowest BCUT2D eigenvalue weighted by Crippen LogP contribution is -2.42. The Bertz CT molecular complexity index is 1110. The second-order valence-electron chi connectivity index (χ2n) is 6.56. The molecule has 142 valence electrons. The van der Waals surface area contributed by atoms with Crippen LogP contribution in [0.1, 0.15) is 13.8 Å². The summed E-state index contributed by atoms with van der Waals surface area (Å²) in [5.74, 6) is -2.27. The van der Waals surface area contributed by atoms with E-state index in [-0.39, 0.29) is 5.57 Å². The standard InChI is InChI=1S/C20H15BrN2O5/c1-20(2)27-18(24)13(19(25)28-20)10-22-11-7-8-16-15(9-11)23-17(26-16)12-5-3-4-6-14(12)21/h3-10,22H,1-2H3. The zero-order chi connectivity index (χ0) is 19.9. The third-order valence-corrected chi connectivity index (χ3v) is 4.68.